The monoisotopic (exact) mass is 470 g/mol. The summed E-state index contributed by atoms with van der Waals surface area (Å²) in [5.74, 6) is 0. The second kappa shape index (κ2) is 7.61. The molecule has 0 aliphatic carbocycles. The van der Waals surface area contributed by atoms with Gasteiger partial charge in [0, 0.05) is 20.1 Å². The van der Waals surface area contributed by atoms with E-state index in [2.05, 4.69) is 3.63 Å². The highest BCUT2D eigenvalue weighted by Crippen LogP contribution is 2.80. The molecule has 1 unspecified atom stereocenters. The fourth-order valence-corrected chi connectivity index (χ4v) is 7.67. The molecule has 11 heteroatoms. The van der Waals surface area contributed by atoms with E-state index >= 15 is 0 Å². The summed E-state index contributed by atoms with van der Waals surface area (Å²) < 4.78 is 110. The van der Waals surface area contributed by atoms with Crippen LogP contribution in [0.4, 0.5) is 26.3 Å². The highest BCUT2D eigenvalue weighted by atomic mass is 32.3. The molecule has 1 heterocycles. The Balaban J connectivity index is 2.35. The average molecular weight is 470 g/mol. The summed E-state index contributed by atoms with van der Waals surface area (Å²) >= 11 is 0. The molecule has 30 heavy (non-hydrogen) atoms. The van der Waals surface area contributed by atoms with E-state index in [1.807, 2.05) is 0 Å². The predicted molar refractivity (Wildman–Crippen MR) is 103 cm³/mol. The second-order valence-electron chi connectivity index (χ2n) is 6.47. The van der Waals surface area contributed by atoms with E-state index < -0.39 is 41.2 Å². The summed E-state index contributed by atoms with van der Waals surface area (Å²) in [5, 5.41) is 0. The molecular formula is C19H16F6O3S2. The number of aryl methyl sites for hydroxylation is 1. The van der Waals surface area contributed by atoms with Gasteiger partial charge in [-0.05, 0) is 35.3 Å². The van der Waals surface area contributed by atoms with Gasteiger partial charge in [0.2, 0.25) is 0 Å². The number of fused-ring (bicyclic) bond motifs is 1. The molecule has 0 radical (unpaired) electrons. The molecule has 0 bridgehead atoms. The van der Waals surface area contributed by atoms with E-state index in [1.54, 1.807) is 13.0 Å². The minimum absolute atomic E-state index is 0.0293. The molecule has 0 saturated carbocycles. The molecule has 0 amide bonds. The maximum atomic E-state index is 14.5. The minimum Gasteiger partial charge on any atom is -0.196 e. The van der Waals surface area contributed by atoms with E-state index in [4.69, 9.17) is 0 Å². The fourth-order valence-electron chi connectivity index (χ4n) is 3.12. The Kier molecular flexibility index (Phi) is 5.76. The van der Waals surface area contributed by atoms with Crippen LogP contribution in [0, 0.1) is 0 Å². The number of hydrogen-bond acceptors (Lipinski definition) is 3. The lowest BCUT2D eigenvalue weighted by Gasteiger charge is -2.39. The first-order valence-electron chi connectivity index (χ1n) is 8.65. The van der Waals surface area contributed by atoms with Crippen LogP contribution in [0.2, 0.25) is 0 Å². The lowest BCUT2D eigenvalue weighted by Crippen LogP contribution is -2.32. The molecule has 2 aromatic carbocycles. The van der Waals surface area contributed by atoms with Crippen molar-refractivity contribution >= 4 is 31.4 Å². The van der Waals surface area contributed by atoms with Gasteiger partial charge in [0.15, 0.2) is 0 Å². The van der Waals surface area contributed by atoms with Crippen LogP contribution in [0.5, 0.6) is 0 Å². The predicted octanol–water partition coefficient (Wildman–Crippen LogP) is 6.62. The number of alkyl halides is 6. The first-order chi connectivity index (χ1) is 13.8. The summed E-state index contributed by atoms with van der Waals surface area (Å²) in [5.41, 5.74) is -11.1. The third-order valence-corrected chi connectivity index (χ3v) is 9.08. The van der Waals surface area contributed by atoms with Crippen molar-refractivity contribution in [3.8, 4) is 0 Å². The van der Waals surface area contributed by atoms with Gasteiger partial charge in [-0.25, -0.2) is 0 Å². The van der Waals surface area contributed by atoms with Crippen molar-refractivity contribution in [2.24, 2.45) is 0 Å². The van der Waals surface area contributed by atoms with Crippen LogP contribution >= 0.6 is 10.3 Å². The van der Waals surface area contributed by atoms with Crippen LogP contribution in [0.25, 0.3) is 11.0 Å². The number of rotatable bonds is 5. The Morgan fingerprint density at radius 3 is 2.13 bits per heavy atom. The molecule has 0 N–H and O–H groups in total. The van der Waals surface area contributed by atoms with Gasteiger partial charge >= 0.3 is 21.1 Å². The zero-order valence-corrected chi connectivity index (χ0v) is 17.1. The molecule has 0 aromatic heterocycles. The van der Waals surface area contributed by atoms with Crippen molar-refractivity contribution in [3.63, 3.8) is 0 Å². The number of benzene rings is 2. The van der Waals surface area contributed by atoms with Gasteiger partial charge in [-0.15, -0.1) is 0 Å². The molecule has 0 saturated heterocycles. The third kappa shape index (κ3) is 3.74. The standard InChI is InChI=1S/C19H16F6O3S2/c1-2-6-13-9-10-15-12-17(14-7-4-3-5-8-14)29(16(15)11-13,18(20,21)22)28-30(26,27)19(23,24)25/h3-5,7-12H,2,6H2,1H3. The van der Waals surface area contributed by atoms with Crippen LogP contribution in [0.1, 0.15) is 30.0 Å². The van der Waals surface area contributed by atoms with Crippen molar-refractivity contribution in [2.75, 3.05) is 0 Å². The quantitative estimate of drug-likeness (QED) is 0.365. The first kappa shape index (κ1) is 22.7. The maximum absolute atomic E-state index is 14.5. The second-order valence-corrected chi connectivity index (χ2v) is 10.8. The minimum atomic E-state index is -6.56. The van der Waals surface area contributed by atoms with Crippen molar-refractivity contribution in [1.82, 2.24) is 0 Å². The Hall–Kier alpha value is -1.98. The highest BCUT2D eigenvalue weighted by molar-refractivity contribution is 8.41. The van der Waals surface area contributed by atoms with Crippen LogP contribution in [-0.2, 0) is 20.2 Å². The molecule has 1 aliphatic heterocycles. The van der Waals surface area contributed by atoms with E-state index in [0.717, 1.165) is 12.1 Å². The van der Waals surface area contributed by atoms with Gasteiger partial charge < -0.3 is 0 Å². The molecule has 3 nitrogen and oxygen atoms in total. The Bertz CT molecular complexity index is 1080. The van der Waals surface area contributed by atoms with Crippen molar-refractivity contribution in [3.05, 3.63) is 65.2 Å². The van der Waals surface area contributed by atoms with Crippen LogP contribution in [-0.4, -0.2) is 19.4 Å². The Morgan fingerprint density at radius 1 is 0.967 bits per heavy atom. The average Bonchev–Trinajstić information content (AvgIpc) is 2.96. The summed E-state index contributed by atoms with van der Waals surface area (Å²) in [6.07, 6.45) is 2.00. The summed E-state index contributed by atoms with van der Waals surface area (Å²) in [7, 11) is -11.6. The van der Waals surface area contributed by atoms with Gasteiger partial charge in [-0.1, -0.05) is 55.8 Å². The van der Waals surface area contributed by atoms with E-state index in [1.165, 1.54) is 36.4 Å². The lowest BCUT2D eigenvalue weighted by molar-refractivity contribution is -0.0543. The Labute approximate surface area is 171 Å². The molecule has 2 aromatic rings. The number of halogens is 6. The maximum Gasteiger partial charge on any atom is 0.523 e. The largest absolute Gasteiger partial charge is 0.523 e. The summed E-state index contributed by atoms with van der Waals surface area (Å²) in [4.78, 5) is -1.25. The van der Waals surface area contributed by atoms with E-state index in [9.17, 15) is 34.8 Å². The normalized spacial score (nSPS) is 21.6. The fraction of sp³-hybridized carbons (Fsp3) is 0.263. The molecular weight excluding hydrogens is 454 g/mol. The summed E-state index contributed by atoms with van der Waals surface area (Å²) in [6.45, 7) is 1.79. The smallest absolute Gasteiger partial charge is 0.196 e. The zero-order chi connectivity index (χ0) is 22.4. The number of hydrogen-bond donors (Lipinski definition) is 0. The first-order valence-corrected chi connectivity index (χ1v) is 11.6. The van der Waals surface area contributed by atoms with Gasteiger partial charge in [-0.3, -0.25) is 0 Å². The van der Waals surface area contributed by atoms with Crippen LogP contribution < -0.4 is 0 Å². The van der Waals surface area contributed by atoms with Crippen molar-refractivity contribution in [1.29, 1.82) is 0 Å². The van der Waals surface area contributed by atoms with Crippen molar-refractivity contribution in [2.45, 2.75) is 35.7 Å². The molecule has 164 valence electrons. The van der Waals surface area contributed by atoms with Gasteiger partial charge in [0.1, 0.15) is 0 Å². The SMILES string of the molecule is CCCc1ccc2c(c1)S(OS(=O)(=O)C(F)(F)F)(C(F)(F)F)C(c1ccccc1)=C2. The van der Waals surface area contributed by atoms with E-state index in [-0.39, 0.29) is 11.1 Å². The van der Waals surface area contributed by atoms with Gasteiger partial charge in [-0.2, -0.15) is 38.4 Å². The Morgan fingerprint density at radius 2 is 1.60 bits per heavy atom. The highest BCUT2D eigenvalue weighted by Gasteiger charge is 2.64. The van der Waals surface area contributed by atoms with Crippen LogP contribution in [0.15, 0.2) is 53.4 Å². The lowest BCUT2D eigenvalue weighted by atomic mass is 10.1. The molecule has 1 atom stereocenters. The summed E-state index contributed by atoms with van der Waals surface area (Å²) in [6, 6.07) is 10.9. The molecule has 0 spiro atoms. The van der Waals surface area contributed by atoms with Crippen LogP contribution in [0.3, 0.4) is 0 Å². The van der Waals surface area contributed by atoms with E-state index in [0.29, 0.717) is 18.4 Å². The molecule has 1 aliphatic rings. The molecule has 3 rings (SSSR count). The third-order valence-electron chi connectivity index (χ3n) is 4.38. The topological polar surface area (TPSA) is 43.4 Å². The van der Waals surface area contributed by atoms with Gasteiger partial charge in [0.05, 0.1) is 0 Å². The zero-order valence-electron chi connectivity index (χ0n) is 15.4. The molecule has 0 fully saturated rings. The van der Waals surface area contributed by atoms with Gasteiger partial charge in [0.25, 0.3) is 0 Å². The van der Waals surface area contributed by atoms with Crippen molar-refractivity contribution < 1.29 is 38.4 Å².